The summed E-state index contributed by atoms with van der Waals surface area (Å²) in [4.78, 5) is 30.3. The highest BCUT2D eigenvalue weighted by Gasteiger charge is 2.26. The van der Waals surface area contributed by atoms with Crippen molar-refractivity contribution in [3.8, 4) is 11.5 Å². The van der Waals surface area contributed by atoms with Crippen molar-refractivity contribution in [3.05, 3.63) is 66.1 Å². The van der Waals surface area contributed by atoms with E-state index in [0.717, 1.165) is 30.7 Å². The normalized spacial score (nSPS) is 17.1. The quantitative estimate of drug-likeness (QED) is 0.771. The van der Waals surface area contributed by atoms with Gasteiger partial charge in [-0.05, 0) is 43.4 Å². The average Bonchev–Trinajstić information content (AvgIpc) is 3.23. The number of imidazole rings is 1. The molecule has 1 fully saturated rings. The predicted molar refractivity (Wildman–Crippen MR) is 98.3 cm³/mol. The van der Waals surface area contributed by atoms with Crippen LogP contribution in [0.1, 0.15) is 28.9 Å². The Morgan fingerprint density at radius 2 is 2.15 bits per heavy atom. The van der Waals surface area contributed by atoms with E-state index in [1.807, 2.05) is 6.07 Å². The van der Waals surface area contributed by atoms with Gasteiger partial charge in [0.2, 0.25) is 0 Å². The van der Waals surface area contributed by atoms with Gasteiger partial charge in [-0.3, -0.25) is 4.79 Å². The fourth-order valence-electron chi connectivity index (χ4n) is 3.56. The molecule has 1 saturated heterocycles. The first kappa shape index (κ1) is 17.3. The minimum Gasteiger partial charge on any atom is -0.343 e. The highest BCUT2D eigenvalue weighted by molar-refractivity contribution is 5.94. The average molecular weight is 365 g/mol. The van der Waals surface area contributed by atoms with E-state index in [1.54, 1.807) is 35.5 Å². The summed E-state index contributed by atoms with van der Waals surface area (Å²) in [6, 6.07) is 8.08. The number of rotatable bonds is 4. The number of nitrogens with one attached hydrogen (secondary N) is 1. The lowest BCUT2D eigenvalue weighted by atomic mass is 9.92. The number of likely N-dealkylation sites (tertiary alicyclic amines) is 1. The van der Waals surface area contributed by atoms with E-state index in [0.29, 0.717) is 18.9 Å². The van der Waals surface area contributed by atoms with Crippen LogP contribution in [0.4, 0.5) is 4.39 Å². The fourth-order valence-corrected chi connectivity index (χ4v) is 3.56. The predicted octanol–water partition coefficient (Wildman–Crippen LogP) is 3.10. The summed E-state index contributed by atoms with van der Waals surface area (Å²) in [6.45, 7) is 1.26. The summed E-state index contributed by atoms with van der Waals surface area (Å²) >= 11 is 0. The van der Waals surface area contributed by atoms with Gasteiger partial charge in [0.1, 0.15) is 17.8 Å². The van der Waals surface area contributed by atoms with Crippen LogP contribution < -0.4 is 0 Å². The van der Waals surface area contributed by atoms with Gasteiger partial charge in [-0.1, -0.05) is 12.1 Å². The van der Waals surface area contributed by atoms with Crippen LogP contribution in [0.25, 0.3) is 11.5 Å². The molecule has 3 heterocycles. The molecule has 6 nitrogen and oxygen atoms in total. The second-order valence-electron chi connectivity index (χ2n) is 6.78. The molecular weight excluding hydrogens is 345 g/mol. The lowest BCUT2D eigenvalue weighted by Gasteiger charge is -2.32. The van der Waals surface area contributed by atoms with Crippen molar-refractivity contribution in [2.24, 2.45) is 5.92 Å². The molecule has 1 atom stereocenters. The van der Waals surface area contributed by atoms with Gasteiger partial charge in [0, 0.05) is 31.2 Å². The molecule has 1 amide bonds. The Morgan fingerprint density at radius 3 is 2.96 bits per heavy atom. The van der Waals surface area contributed by atoms with Gasteiger partial charge < -0.3 is 9.88 Å². The van der Waals surface area contributed by atoms with Gasteiger partial charge in [-0.25, -0.2) is 19.3 Å². The van der Waals surface area contributed by atoms with Crippen LogP contribution in [0.3, 0.4) is 0 Å². The third kappa shape index (κ3) is 3.86. The van der Waals surface area contributed by atoms with Gasteiger partial charge in [0.05, 0.1) is 5.56 Å². The number of nitrogens with zero attached hydrogens (tertiary/aromatic N) is 4. The van der Waals surface area contributed by atoms with E-state index in [1.165, 1.54) is 12.4 Å². The molecule has 0 spiro atoms. The maximum Gasteiger partial charge on any atom is 0.256 e. The number of carbonyl (C=O) groups excluding carboxylic acids is 1. The Labute approximate surface area is 156 Å². The molecule has 3 aromatic rings. The molecule has 1 N–H and O–H groups in total. The second kappa shape index (κ2) is 7.65. The Hall–Kier alpha value is -3.09. The van der Waals surface area contributed by atoms with Crippen molar-refractivity contribution in [2.75, 3.05) is 13.1 Å². The molecule has 0 saturated carbocycles. The summed E-state index contributed by atoms with van der Waals surface area (Å²) in [7, 11) is 0. The first-order valence-electron chi connectivity index (χ1n) is 9.05. The molecule has 0 bridgehead atoms. The Kier molecular flexibility index (Phi) is 4.91. The van der Waals surface area contributed by atoms with Crippen molar-refractivity contribution in [2.45, 2.75) is 19.3 Å². The number of amides is 1. The monoisotopic (exact) mass is 365 g/mol. The number of halogens is 1. The second-order valence-corrected chi connectivity index (χ2v) is 6.78. The smallest absolute Gasteiger partial charge is 0.256 e. The summed E-state index contributed by atoms with van der Waals surface area (Å²) < 4.78 is 13.9. The highest BCUT2D eigenvalue weighted by Crippen LogP contribution is 2.23. The standard InChI is InChI=1S/C20H20FN5O/c21-17-6-2-1-5-16(17)20(27)26-9-3-4-14(12-26)10-15-11-18(25-13-24-15)19-22-7-8-23-19/h1-2,5-8,11,13-14H,3-4,9-10,12H2,(H,22,23). The van der Waals surface area contributed by atoms with Crippen molar-refractivity contribution in [1.82, 2.24) is 24.8 Å². The SMILES string of the molecule is O=C(c1ccccc1F)N1CCCC(Cc2cc(-c3ncc[nH]3)ncn2)C1. The van der Waals surface area contributed by atoms with Gasteiger partial charge in [0.25, 0.3) is 5.91 Å². The zero-order valence-electron chi connectivity index (χ0n) is 14.8. The summed E-state index contributed by atoms with van der Waals surface area (Å²) in [5, 5.41) is 0. The molecule has 138 valence electrons. The molecule has 1 aliphatic heterocycles. The first-order valence-corrected chi connectivity index (χ1v) is 9.05. The summed E-state index contributed by atoms with van der Waals surface area (Å²) in [6.07, 6.45) is 7.65. The Balaban J connectivity index is 1.45. The van der Waals surface area contributed by atoms with E-state index in [2.05, 4.69) is 19.9 Å². The Morgan fingerprint density at radius 1 is 1.26 bits per heavy atom. The van der Waals surface area contributed by atoms with E-state index in [-0.39, 0.29) is 17.4 Å². The van der Waals surface area contributed by atoms with Crippen molar-refractivity contribution in [3.63, 3.8) is 0 Å². The highest BCUT2D eigenvalue weighted by atomic mass is 19.1. The fraction of sp³-hybridized carbons (Fsp3) is 0.300. The summed E-state index contributed by atoms with van der Waals surface area (Å²) in [5.41, 5.74) is 1.81. The molecule has 1 aromatic carbocycles. The number of H-pyrrole nitrogens is 1. The minimum absolute atomic E-state index is 0.139. The molecule has 0 radical (unpaired) electrons. The Bertz CT molecular complexity index is 928. The van der Waals surface area contributed by atoms with Crippen molar-refractivity contribution < 1.29 is 9.18 Å². The maximum absolute atomic E-state index is 13.9. The van der Waals surface area contributed by atoms with Gasteiger partial charge in [0.15, 0.2) is 5.82 Å². The number of aromatic nitrogens is 4. The molecule has 2 aromatic heterocycles. The number of hydrogen-bond donors (Lipinski definition) is 1. The topological polar surface area (TPSA) is 74.8 Å². The van der Waals surface area contributed by atoms with Gasteiger partial charge in [-0.15, -0.1) is 0 Å². The lowest BCUT2D eigenvalue weighted by molar-refractivity contribution is 0.0668. The molecule has 27 heavy (non-hydrogen) atoms. The van der Waals surface area contributed by atoms with Crippen molar-refractivity contribution >= 4 is 5.91 Å². The molecule has 1 aliphatic rings. The number of aromatic amines is 1. The lowest BCUT2D eigenvalue weighted by Crippen LogP contribution is -2.40. The van der Waals surface area contributed by atoms with E-state index in [9.17, 15) is 9.18 Å². The van der Waals surface area contributed by atoms with E-state index in [4.69, 9.17) is 0 Å². The van der Waals surface area contributed by atoms with Crippen LogP contribution in [0, 0.1) is 11.7 Å². The van der Waals surface area contributed by atoms with Crippen LogP contribution in [0.2, 0.25) is 0 Å². The number of hydrogen-bond acceptors (Lipinski definition) is 4. The zero-order chi connectivity index (χ0) is 18.6. The number of carbonyl (C=O) groups is 1. The molecule has 1 unspecified atom stereocenters. The van der Waals surface area contributed by atoms with Crippen molar-refractivity contribution in [1.29, 1.82) is 0 Å². The molecule has 4 rings (SSSR count). The van der Waals surface area contributed by atoms with Gasteiger partial charge >= 0.3 is 0 Å². The van der Waals surface area contributed by atoms with Crippen LogP contribution in [-0.4, -0.2) is 43.8 Å². The third-order valence-corrected chi connectivity index (χ3v) is 4.87. The van der Waals surface area contributed by atoms with Crippen LogP contribution in [0.15, 0.2) is 49.1 Å². The van der Waals surface area contributed by atoms with Crippen LogP contribution in [-0.2, 0) is 6.42 Å². The zero-order valence-corrected chi connectivity index (χ0v) is 14.8. The van der Waals surface area contributed by atoms with Gasteiger partial charge in [-0.2, -0.15) is 0 Å². The molecule has 0 aliphatic carbocycles. The van der Waals surface area contributed by atoms with Crippen LogP contribution in [0.5, 0.6) is 0 Å². The summed E-state index contributed by atoms with van der Waals surface area (Å²) in [5.74, 6) is 0.285. The molecule has 7 heteroatoms. The van der Waals surface area contributed by atoms with Crippen LogP contribution >= 0.6 is 0 Å². The third-order valence-electron chi connectivity index (χ3n) is 4.87. The van der Waals surface area contributed by atoms with E-state index >= 15 is 0 Å². The maximum atomic E-state index is 13.9. The van der Waals surface area contributed by atoms with E-state index < -0.39 is 5.82 Å². The number of benzene rings is 1. The number of piperidine rings is 1. The molecular formula is C20H20FN5O. The largest absolute Gasteiger partial charge is 0.343 e. The first-order chi connectivity index (χ1) is 13.2. The minimum atomic E-state index is -0.469.